The van der Waals surface area contributed by atoms with Crippen LogP contribution in [0.1, 0.15) is 5.56 Å². The lowest BCUT2D eigenvalue weighted by Crippen LogP contribution is -2.01. The summed E-state index contributed by atoms with van der Waals surface area (Å²) in [6, 6.07) is 10.6. The van der Waals surface area contributed by atoms with Gasteiger partial charge >= 0.3 is 0 Å². The van der Waals surface area contributed by atoms with Crippen molar-refractivity contribution < 1.29 is 9.31 Å². The van der Waals surface area contributed by atoms with Crippen LogP contribution < -0.4 is 5.32 Å². The Morgan fingerprint density at radius 1 is 1.26 bits per heavy atom. The maximum atomic E-state index is 13.2. The van der Waals surface area contributed by atoms with Crippen molar-refractivity contribution in [1.82, 2.24) is 0 Å². The Bertz CT molecular complexity index is 619. The Labute approximate surface area is 114 Å². The number of nitrogens with one attached hydrogen (secondary N) is 1. The number of rotatable bonds is 4. The number of benzene rings is 2. The molecule has 0 unspecified atom stereocenters. The smallest absolute Gasteiger partial charge is 0.274 e. The fraction of sp³-hybridized carbons (Fsp3) is 0.0769. The lowest BCUT2D eigenvalue weighted by atomic mass is 10.2. The molecule has 0 aliphatic carbocycles. The second-order valence-corrected chi connectivity index (χ2v) is 4.31. The predicted octanol–water partition coefficient (Wildman–Crippen LogP) is 4.00. The SMILES string of the molecule is O=[N+]([O-])c1cc(F)cc(NCc2ccccc2Cl)c1. The van der Waals surface area contributed by atoms with E-state index in [1.165, 1.54) is 12.1 Å². The third-order valence-electron chi connectivity index (χ3n) is 2.53. The summed E-state index contributed by atoms with van der Waals surface area (Å²) in [5, 5.41) is 14.1. The zero-order valence-electron chi connectivity index (χ0n) is 9.77. The molecule has 2 aromatic rings. The van der Waals surface area contributed by atoms with Crippen LogP contribution in [-0.4, -0.2) is 4.92 Å². The first-order valence-corrected chi connectivity index (χ1v) is 5.86. The molecule has 0 saturated carbocycles. The summed E-state index contributed by atoms with van der Waals surface area (Å²) in [6.45, 7) is 0.361. The molecule has 0 aliphatic rings. The molecule has 0 aliphatic heterocycles. The second-order valence-electron chi connectivity index (χ2n) is 3.90. The van der Waals surface area contributed by atoms with Gasteiger partial charge in [-0.25, -0.2) is 4.39 Å². The fourth-order valence-corrected chi connectivity index (χ4v) is 1.82. The van der Waals surface area contributed by atoms with Crippen LogP contribution in [0.25, 0.3) is 0 Å². The van der Waals surface area contributed by atoms with E-state index in [9.17, 15) is 14.5 Å². The Hall–Kier alpha value is -2.14. The summed E-state index contributed by atoms with van der Waals surface area (Å²) in [6.07, 6.45) is 0. The van der Waals surface area contributed by atoms with Crippen LogP contribution in [0.5, 0.6) is 0 Å². The molecule has 0 heterocycles. The van der Waals surface area contributed by atoms with Crippen molar-refractivity contribution in [2.24, 2.45) is 0 Å². The van der Waals surface area contributed by atoms with Gasteiger partial charge in [-0.05, 0) is 17.7 Å². The Balaban J connectivity index is 2.16. The predicted molar refractivity (Wildman–Crippen MR) is 71.8 cm³/mol. The van der Waals surface area contributed by atoms with Crippen LogP contribution in [0, 0.1) is 15.9 Å². The molecule has 0 atom stereocenters. The molecule has 2 rings (SSSR count). The average molecular weight is 281 g/mol. The molecule has 4 nitrogen and oxygen atoms in total. The topological polar surface area (TPSA) is 55.2 Å². The van der Waals surface area contributed by atoms with Crippen molar-refractivity contribution in [3.63, 3.8) is 0 Å². The highest BCUT2D eigenvalue weighted by Gasteiger charge is 2.09. The van der Waals surface area contributed by atoms with Crippen LogP contribution in [0.4, 0.5) is 15.8 Å². The molecule has 0 bridgehead atoms. The lowest BCUT2D eigenvalue weighted by molar-refractivity contribution is -0.385. The number of nitro groups is 1. The van der Waals surface area contributed by atoms with Gasteiger partial charge in [0.15, 0.2) is 0 Å². The Morgan fingerprint density at radius 2 is 2.00 bits per heavy atom. The van der Waals surface area contributed by atoms with E-state index in [0.29, 0.717) is 17.3 Å². The molecule has 0 amide bonds. The molecule has 19 heavy (non-hydrogen) atoms. The summed E-state index contributed by atoms with van der Waals surface area (Å²) >= 11 is 5.98. The number of hydrogen-bond donors (Lipinski definition) is 1. The van der Waals surface area contributed by atoms with E-state index >= 15 is 0 Å². The second kappa shape index (κ2) is 5.67. The third-order valence-corrected chi connectivity index (χ3v) is 2.90. The maximum Gasteiger partial charge on any atom is 0.274 e. The van der Waals surface area contributed by atoms with Crippen LogP contribution in [0.3, 0.4) is 0 Å². The minimum absolute atomic E-state index is 0.290. The largest absolute Gasteiger partial charge is 0.381 e. The molecular formula is C13H10ClFN2O2. The van der Waals surface area contributed by atoms with Crippen LogP contribution in [-0.2, 0) is 6.54 Å². The molecule has 98 valence electrons. The number of non-ortho nitro benzene ring substituents is 1. The van der Waals surface area contributed by atoms with Crippen molar-refractivity contribution >= 4 is 23.0 Å². The summed E-state index contributed by atoms with van der Waals surface area (Å²) in [7, 11) is 0. The van der Waals surface area contributed by atoms with Gasteiger partial charge in [0.25, 0.3) is 5.69 Å². The van der Waals surface area contributed by atoms with Gasteiger partial charge in [-0.2, -0.15) is 0 Å². The molecular weight excluding hydrogens is 271 g/mol. The minimum Gasteiger partial charge on any atom is -0.381 e. The maximum absolute atomic E-state index is 13.2. The van der Waals surface area contributed by atoms with Crippen LogP contribution >= 0.6 is 11.6 Å². The van der Waals surface area contributed by atoms with E-state index in [2.05, 4.69) is 5.32 Å². The summed E-state index contributed by atoms with van der Waals surface area (Å²) in [5.74, 6) is -0.657. The molecule has 0 spiro atoms. The fourth-order valence-electron chi connectivity index (χ4n) is 1.62. The van der Waals surface area contributed by atoms with Gasteiger partial charge in [0.1, 0.15) is 5.82 Å². The standard InChI is InChI=1S/C13H10ClFN2O2/c14-13-4-2-1-3-9(13)8-16-11-5-10(15)6-12(7-11)17(18)19/h1-7,16H,8H2. The number of hydrogen-bond acceptors (Lipinski definition) is 3. The summed E-state index contributed by atoms with van der Waals surface area (Å²) < 4.78 is 13.2. The van der Waals surface area contributed by atoms with E-state index in [4.69, 9.17) is 11.6 Å². The first kappa shape index (κ1) is 13.3. The normalized spacial score (nSPS) is 10.2. The molecule has 1 N–H and O–H groups in total. The molecule has 0 aromatic heterocycles. The van der Waals surface area contributed by atoms with E-state index in [-0.39, 0.29) is 5.69 Å². The van der Waals surface area contributed by atoms with Gasteiger partial charge in [0, 0.05) is 23.3 Å². The number of nitrogens with zero attached hydrogens (tertiary/aromatic N) is 1. The minimum atomic E-state index is -0.657. The zero-order chi connectivity index (χ0) is 13.8. The number of nitro benzene ring substituents is 1. The number of anilines is 1. The zero-order valence-corrected chi connectivity index (χ0v) is 10.5. The highest BCUT2D eigenvalue weighted by atomic mass is 35.5. The summed E-state index contributed by atoms with van der Waals surface area (Å²) in [5.41, 5.74) is 0.879. The third kappa shape index (κ3) is 3.42. The van der Waals surface area contributed by atoms with Gasteiger partial charge in [-0.3, -0.25) is 10.1 Å². The summed E-state index contributed by atoms with van der Waals surface area (Å²) in [4.78, 5) is 9.99. The monoisotopic (exact) mass is 280 g/mol. The highest BCUT2D eigenvalue weighted by molar-refractivity contribution is 6.31. The Kier molecular flexibility index (Phi) is 3.97. The molecule has 6 heteroatoms. The van der Waals surface area contributed by atoms with Crippen molar-refractivity contribution in [2.45, 2.75) is 6.54 Å². The van der Waals surface area contributed by atoms with Gasteiger partial charge in [-0.1, -0.05) is 29.8 Å². The first-order chi connectivity index (χ1) is 9.06. The lowest BCUT2D eigenvalue weighted by Gasteiger charge is -2.08. The van der Waals surface area contributed by atoms with Gasteiger partial charge < -0.3 is 5.32 Å². The van der Waals surface area contributed by atoms with Crippen molar-refractivity contribution in [2.75, 3.05) is 5.32 Å². The van der Waals surface area contributed by atoms with Crippen LogP contribution in [0.15, 0.2) is 42.5 Å². The van der Waals surface area contributed by atoms with Crippen LogP contribution in [0.2, 0.25) is 5.02 Å². The van der Waals surface area contributed by atoms with Crippen molar-refractivity contribution in [3.8, 4) is 0 Å². The highest BCUT2D eigenvalue weighted by Crippen LogP contribution is 2.22. The average Bonchev–Trinajstić information content (AvgIpc) is 2.37. The van der Waals surface area contributed by atoms with E-state index in [1.807, 2.05) is 12.1 Å². The van der Waals surface area contributed by atoms with Gasteiger partial charge in [0.2, 0.25) is 0 Å². The van der Waals surface area contributed by atoms with E-state index in [1.54, 1.807) is 12.1 Å². The first-order valence-electron chi connectivity index (χ1n) is 5.48. The van der Waals surface area contributed by atoms with Crippen molar-refractivity contribution in [1.29, 1.82) is 0 Å². The van der Waals surface area contributed by atoms with Crippen molar-refractivity contribution in [3.05, 3.63) is 69.0 Å². The van der Waals surface area contributed by atoms with E-state index < -0.39 is 10.7 Å². The molecule has 0 fully saturated rings. The van der Waals surface area contributed by atoms with Gasteiger partial charge in [0.05, 0.1) is 11.0 Å². The molecule has 2 aromatic carbocycles. The molecule has 0 saturated heterocycles. The molecule has 0 radical (unpaired) electrons. The quantitative estimate of drug-likeness (QED) is 0.680. The van der Waals surface area contributed by atoms with Gasteiger partial charge in [-0.15, -0.1) is 0 Å². The number of halogens is 2. The Morgan fingerprint density at radius 3 is 2.68 bits per heavy atom. The van der Waals surface area contributed by atoms with E-state index in [0.717, 1.165) is 11.6 Å².